The van der Waals surface area contributed by atoms with Gasteiger partial charge in [0.25, 0.3) is 0 Å². The van der Waals surface area contributed by atoms with Crippen molar-refractivity contribution >= 4 is 0 Å². The Kier molecular flexibility index (Phi) is 5.12. The summed E-state index contributed by atoms with van der Waals surface area (Å²) in [5.41, 5.74) is 7.83. The lowest BCUT2D eigenvalue weighted by atomic mass is 10.2. The van der Waals surface area contributed by atoms with Crippen LogP contribution in [0.2, 0.25) is 0 Å². The minimum absolute atomic E-state index is 0.709. The van der Waals surface area contributed by atoms with Gasteiger partial charge in [-0.2, -0.15) is 0 Å². The summed E-state index contributed by atoms with van der Waals surface area (Å²) in [7, 11) is 0. The molecular weight excluding hydrogens is 238 g/mol. The van der Waals surface area contributed by atoms with E-state index in [9.17, 15) is 0 Å². The zero-order chi connectivity index (χ0) is 13.5. The van der Waals surface area contributed by atoms with Crippen molar-refractivity contribution in [2.75, 3.05) is 13.1 Å². The maximum Gasteiger partial charge on any atom is 0.150 e. The molecule has 0 saturated carbocycles. The molecule has 0 amide bonds. The third kappa shape index (κ3) is 4.50. The zero-order valence-electron chi connectivity index (χ0n) is 11.4. The molecule has 0 saturated heterocycles. The highest BCUT2D eigenvalue weighted by Gasteiger charge is 2.10. The van der Waals surface area contributed by atoms with Crippen molar-refractivity contribution < 1.29 is 4.52 Å². The number of rotatable bonds is 7. The molecule has 2 aromatic rings. The fourth-order valence-electron chi connectivity index (χ4n) is 2.08. The van der Waals surface area contributed by atoms with Crippen molar-refractivity contribution in [1.29, 1.82) is 0 Å². The van der Waals surface area contributed by atoms with E-state index >= 15 is 0 Å². The first-order valence-electron chi connectivity index (χ1n) is 6.66. The number of hydrogen-bond donors (Lipinski definition) is 1. The summed E-state index contributed by atoms with van der Waals surface area (Å²) in [4.78, 5) is 2.34. The number of aromatic nitrogens is 1. The maximum atomic E-state index is 5.61. The Morgan fingerprint density at radius 3 is 2.63 bits per heavy atom. The molecule has 1 aromatic heterocycles. The summed E-state index contributed by atoms with van der Waals surface area (Å²) in [5, 5.41) is 3.93. The van der Waals surface area contributed by atoms with E-state index in [-0.39, 0.29) is 0 Å². The molecular formula is C15H21N3O. The standard InChI is InChI=1S/C15H21N3O/c1-13-10-15(19-17-13)12-18(9-5-8-16)11-14-6-3-2-4-7-14/h2-4,6-7,10H,5,8-9,11-12,16H2,1H3. The van der Waals surface area contributed by atoms with Crippen molar-refractivity contribution in [2.45, 2.75) is 26.4 Å². The molecule has 2 rings (SSSR count). The molecule has 4 nitrogen and oxygen atoms in total. The van der Waals surface area contributed by atoms with Crippen molar-refractivity contribution in [3.63, 3.8) is 0 Å². The van der Waals surface area contributed by atoms with Gasteiger partial charge < -0.3 is 10.3 Å². The van der Waals surface area contributed by atoms with E-state index in [1.807, 2.05) is 19.1 Å². The lowest BCUT2D eigenvalue weighted by molar-refractivity contribution is 0.222. The molecule has 0 spiro atoms. The minimum atomic E-state index is 0.709. The van der Waals surface area contributed by atoms with E-state index in [1.54, 1.807) is 0 Å². The van der Waals surface area contributed by atoms with Gasteiger partial charge in [-0.25, -0.2) is 0 Å². The number of nitrogens with two attached hydrogens (primary N) is 1. The largest absolute Gasteiger partial charge is 0.360 e. The third-order valence-electron chi connectivity index (χ3n) is 2.98. The average Bonchev–Trinajstić information content (AvgIpc) is 2.82. The Morgan fingerprint density at radius 2 is 2.00 bits per heavy atom. The third-order valence-corrected chi connectivity index (χ3v) is 2.98. The Balaban J connectivity index is 1.99. The van der Waals surface area contributed by atoms with Gasteiger partial charge in [0, 0.05) is 19.2 Å². The van der Waals surface area contributed by atoms with Gasteiger partial charge in [-0.1, -0.05) is 35.5 Å². The van der Waals surface area contributed by atoms with Gasteiger partial charge in [0.15, 0.2) is 5.76 Å². The van der Waals surface area contributed by atoms with Crippen LogP contribution >= 0.6 is 0 Å². The average molecular weight is 259 g/mol. The SMILES string of the molecule is Cc1cc(CN(CCCN)Cc2ccccc2)on1. The van der Waals surface area contributed by atoms with Crippen LogP contribution in [0.25, 0.3) is 0 Å². The summed E-state index contributed by atoms with van der Waals surface area (Å²) < 4.78 is 5.29. The highest BCUT2D eigenvalue weighted by Crippen LogP contribution is 2.11. The molecule has 0 radical (unpaired) electrons. The Bertz CT molecular complexity index is 481. The second kappa shape index (κ2) is 7.07. The molecule has 2 N–H and O–H groups in total. The van der Waals surface area contributed by atoms with Crippen LogP contribution in [-0.4, -0.2) is 23.1 Å². The minimum Gasteiger partial charge on any atom is -0.360 e. The maximum absolute atomic E-state index is 5.61. The zero-order valence-corrected chi connectivity index (χ0v) is 11.4. The van der Waals surface area contributed by atoms with Crippen molar-refractivity contribution in [2.24, 2.45) is 5.73 Å². The summed E-state index contributed by atoms with van der Waals surface area (Å²) in [5.74, 6) is 0.908. The molecule has 1 heterocycles. The number of aryl methyl sites for hydroxylation is 1. The Morgan fingerprint density at radius 1 is 1.21 bits per heavy atom. The molecule has 19 heavy (non-hydrogen) atoms. The van der Waals surface area contributed by atoms with Crippen molar-refractivity contribution in [3.05, 3.63) is 53.4 Å². The lowest BCUT2D eigenvalue weighted by Crippen LogP contribution is -2.25. The first-order chi connectivity index (χ1) is 9.28. The Hall–Kier alpha value is -1.65. The smallest absolute Gasteiger partial charge is 0.150 e. The van der Waals surface area contributed by atoms with E-state index in [1.165, 1.54) is 5.56 Å². The van der Waals surface area contributed by atoms with Crippen LogP contribution in [0.3, 0.4) is 0 Å². The van der Waals surface area contributed by atoms with Gasteiger partial charge in [0.1, 0.15) is 0 Å². The van der Waals surface area contributed by atoms with Crippen LogP contribution in [0.5, 0.6) is 0 Å². The predicted octanol–water partition coefficient (Wildman–Crippen LogP) is 2.33. The quantitative estimate of drug-likeness (QED) is 0.829. The van der Waals surface area contributed by atoms with Crippen molar-refractivity contribution in [1.82, 2.24) is 10.1 Å². The summed E-state index contributed by atoms with van der Waals surface area (Å²) in [6.07, 6.45) is 0.986. The Labute approximate surface area is 114 Å². The fraction of sp³-hybridized carbons (Fsp3) is 0.400. The number of benzene rings is 1. The van der Waals surface area contributed by atoms with E-state index in [4.69, 9.17) is 10.3 Å². The van der Waals surface area contributed by atoms with E-state index in [0.717, 1.165) is 37.5 Å². The summed E-state index contributed by atoms with van der Waals surface area (Å²) in [6.45, 7) is 5.29. The van der Waals surface area contributed by atoms with Gasteiger partial charge in [0.2, 0.25) is 0 Å². The van der Waals surface area contributed by atoms with Crippen LogP contribution in [0.4, 0.5) is 0 Å². The molecule has 0 unspecified atom stereocenters. The second-order valence-electron chi connectivity index (χ2n) is 4.77. The highest BCUT2D eigenvalue weighted by atomic mass is 16.5. The van der Waals surface area contributed by atoms with Gasteiger partial charge >= 0.3 is 0 Å². The fourth-order valence-corrected chi connectivity index (χ4v) is 2.08. The first-order valence-corrected chi connectivity index (χ1v) is 6.66. The van der Waals surface area contributed by atoms with Crippen LogP contribution in [0.15, 0.2) is 40.9 Å². The van der Waals surface area contributed by atoms with Crippen LogP contribution < -0.4 is 5.73 Å². The van der Waals surface area contributed by atoms with Gasteiger partial charge in [-0.3, -0.25) is 4.90 Å². The predicted molar refractivity (Wildman–Crippen MR) is 75.5 cm³/mol. The van der Waals surface area contributed by atoms with Gasteiger partial charge in [-0.15, -0.1) is 0 Å². The summed E-state index contributed by atoms with van der Waals surface area (Å²) >= 11 is 0. The second-order valence-corrected chi connectivity index (χ2v) is 4.77. The van der Waals surface area contributed by atoms with E-state index < -0.39 is 0 Å². The number of hydrogen-bond acceptors (Lipinski definition) is 4. The van der Waals surface area contributed by atoms with Crippen LogP contribution in [0, 0.1) is 6.92 Å². The molecule has 0 aliphatic heterocycles. The van der Waals surface area contributed by atoms with E-state index in [0.29, 0.717) is 6.54 Å². The highest BCUT2D eigenvalue weighted by molar-refractivity contribution is 5.14. The monoisotopic (exact) mass is 259 g/mol. The lowest BCUT2D eigenvalue weighted by Gasteiger charge is -2.20. The molecule has 0 atom stereocenters. The van der Waals surface area contributed by atoms with Gasteiger partial charge in [-0.05, 0) is 25.5 Å². The molecule has 0 aliphatic rings. The van der Waals surface area contributed by atoms with Crippen molar-refractivity contribution in [3.8, 4) is 0 Å². The molecule has 102 valence electrons. The normalized spacial score (nSPS) is 11.1. The first kappa shape index (κ1) is 13.8. The van der Waals surface area contributed by atoms with Crippen LogP contribution in [0.1, 0.15) is 23.4 Å². The molecule has 0 bridgehead atoms. The molecule has 0 aliphatic carbocycles. The number of nitrogens with zero attached hydrogens (tertiary/aromatic N) is 2. The van der Waals surface area contributed by atoms with Crippen LogP contribution in [-0.2, 0) is 13.1 Å². The topological polar surface area (TPSA) is 55.3 Å². The van der Waals surface area contributed by atoms with Gasteiger partial charge in [0.05, 0.1) is 12.2 Å². The van der Waals surface area contributed by atoms with E-state index in [2.05, 4.69) is 34.3 Å². The molecule has 1 aromatic carbocycles. The summed E-state index contributed by atoms with van der Waals surface area (Å²) in [6, 6.07) is 12.4. The molecule has 0 fully saturated rings. The molecule has 4 heteroatoms.